The van der Waals surface area contributed by atoms with Crippen molar-refractivity contribution >= 4 is 34.7 Å². The molecule has 0 N–H and O–H groups in total. The first-order chi connectivity index (χ1) is 14.3. The zero-order chi connectivity index (χ0) is 19.6. The van der Waals surface area contributed by atoms with E-state index in [9.17, 15) is 4.79 Å². The van der Waals surface area contributed by atoms with Crippen LogP contribution in [0.15, 0.2) is 36.7 Å². The molecule has 0 radical (unpaired) electrons. The van der Waals surface area contributed by atoms with Crippen LogP contribution in [0.1, 0.15) is 0 Å². The monoisotopic (exact) mass is 411 g/mol. The van der Waals surface area contributed by atoms with E-state index in [0.29, 0.717) is 36.7 Å². The topological polar surface area (TPSA) is 89.3 Å². The Morgan fingerprint density at radius 1 is 1.10 bits per heavy atom. The van der Waals surface area contributed by atoms with E-state index in [-0.39, 0.29) is 5.91 Å². The van der Waals surface area contributed by atoms with E-state index in [4.69, 9.17) is 4.74 Å². The van der Waals surface area contributed by atoms with Gasteiger partial charge in [0.2, 0.25) is 0 Å². The second kappa shape index (κ2) is 7.96. The van der Waals surface area contributed by atoms with Crippen molar-refractivity contribution in [3.63, 3.8) is 0 Å². The smallest absolute Gasteiger partial charge is 0.253 e. The van der Waals surface area contributed by atoms with Gasteiger partial charge in [-0.05, 0) is 12.1 Å². The second-order valence-electron chi connectivity index (χ2n) is 6.95. The Labute approximate surface area is 172 Å². The van der Waals surface area contributed by atoms with Gasteiger partial charge in [0.15, 0.2) is 23.1 Å². The first kappa shape index (κ1) is 18.3. The van der Waals surface area contributed by atoms with Gasteiger partial charge in [-0.2, -0.15) is 16.4 Å². The maximum Gasteiger partial charge on any atom is 0.253 e. The number of hydrogen-bond donors (Lipinski definition) is 0. The minimum Gasteiger partial charge on any atom is -0.365 e. The average molecular weight is 411 g/mol. The SMILES string of the molecule is O=C(C1CN(c2ncnc3c2nnn3-c2ccccc2)CCO1)N1CCSCC1. The van der Waals surface area contributed by atoms with Gasteiger partial charge in [0.25, 0.3) is 5.91 Å². The molecule has 2 aromatic heterocycles. The Morgan fingerprint density at radius 3 is 2.76 bits per heavy atom. The summed E-state index contributed by atoms with van der Waals surface area (Å²) in [6.07, 6.45) is 1.04. The summed E-state index contributed by atoms with van der Waals surface area (Å²) in [6.45, 7) is 3.13. The first-order valence-corrected chi connectivity index (χ1v) is 10.8. The van der Waals surface area contributed by atoms with Crippen molar-refractivity contribution < 1.29 is 9.53 Å². The lowest BCUT2D eigenvalue weighted by molar-refractivity contribution is -0.144. The van der Waals surface area contributed by atoms with Crippen molar-refractivity contribution in [3.8, 4) is 5.69 Å². The summed E-state index contributed by atoms with van der Waals surface area (Å²) in [6, 6.07) is 9.76. The molecule has 2 saturated heterocycles. The molecule has 0 bridgehead atoms. The highest BCUT2D eigenvalue weighted by molar-refractivity contribution is 7.99. The Bertz CT molecular complexity index is 1010. The molecule has 5 rings (SSSR count). The lowest BCUT2D eigenvalue weighted by atomic mass is 10.2. The number of carbonyl (C=O) groups is 1. The van der Waals surface area contributed by atoms with Crippen molar-refractivity contribution in [3.05, 3.63) is 36.7 Å². The van der Waals surface area contributed by atoms with Crippen LogP contribution in [-0.4, -0.2) is 86.2 Å². The Kier molecular flexibility index (Phi) is 5.03. The normalized spacial score (nSPS) is 20.2. The Morgan fingerprint density at radius 2 is 1.93 bits per heavy atom. The van der Waals surface area contributed by atoms with Gasteiger partial charge in [-0.25, -0.2) is 9.97 Å². The molecule has 9 nitrogen and oxygen atoms in total. The molecule has 1 unspecified atom stereocenters. The van der Waals surface area contributed by atoms with Crippen LogP contribution < -0.4 is 4.90 Å². The number of carbonyl (C=O) groups excluding carboxylic acids is 1. The summed E-state index contributed by atoms with van der Waals surface area (Å²) in [5, 5.41) is 8.61. The molecule has 1 amide bonds. The van der Waals surface area contributed by atoms with Crippen molar-refractivity contribution in [2.24, 2.45) is 0 Å². The molecule has 3 aromatic rings. The first-order valence-electron chi connectivity index (χ1n) is 9.66. The molecular formula is C19H21N7O2S. The quantitative estimate of drug-likeness (QED) is 0.630. The van der Waals surface area contributed by atoms with E-state index in [0.717, 1.165) is 30.3 Å². The largest absolute Gasteiger partial charge is 0.365 e. The van der Waals surface area contributed by atoms with Gasteiger partial charge in [0.1, 0.15) is 6.33 Å². The van der Waals surface area contributed by atoms with Gasteiger partial charge >= 0.3 is 0 Å². The highest BCUT2D eigenvalue weighted by Gasteiger charge is 2.32. The lowest BCUT2D eigenvalue weighted by Gasteiger charge is -2.36. The third kappa shape index (κ3) is 3.53. The molecule has 150 valence electrons. The number of amides is 1. The number of ether oxygens (including phenoxy) is 1. The molecule has 2 fully saturated rings. The van der Waals surface area contributed by atoms with Crippen LogP contribution >= 0.6 is 11.8 Å². The summed E-state index contributed by atoms with van der Waals surface area (Å²) in [7, 11) is 0. The van der Waals surface area contributed by atoms with Crippen molar-refractivity contribution in [2.75, 3.05) is 49.2 Å². The van der Waals surface area contributed by atoms with E-state index in [1.807, 2.05) is 47.0 Å². The molecule has 0 aliphatic carbocycles. The van der Waals surface area contributed by atoms with Gasteiger partial charge in [-0.1, -0.05) is 23.4 Å². The number of morpholine rings is 1. The molecular weight excluding hydrogens is 390 g/mol. The maximum atomic E-state index is 12.9. The number of hydrogen-bond acceptors (Lipinski definition) is 8. The van der Waals surface area contributed by atoms with Crippen molar-refractivity contribution in [1.29, 1.82) is 0 Å². The summed E-state index contributed by atoms with van der Waals surface area (Å²) in [5.41, 5.74) is 2.15. The molecule has 2 aliphatic rings. The zero-order valence-corrected chi connectivity index (χ0v) is 16.7. The van der Waals surface area contributed by atoms with Gasteiger partial charge in [-0.15, -0.1) is 5.10 Å². The average Bonchev–Trinajstić information content (AvgIpc) is 3.24. The highest BCUT2D eigenvalue weighted by Crippen LogP contribution is 2.25. The molecule has 1 aromatic carbocycles. The van der Waals surface area contributed by atoms with Crippen LogP contribution in [0.25, 0.3) is 16.9 Å². The third-order valence-electron chi connectivity index (χ3n) is 5.18. The number of anilines is 1. The molecule has 29 heavy (non-hydrogen) atoms. The summed E-state index contributed by atoms with van der Waals surface area (Å²) >= 11 is 1.88. The fourth-order valence-electron chi connectivity index (χ4n) is 3.69. The molecule has 1 atom stereocenters. The van der Waals surface area contributed by atoms with E-state index < -0.39 is 6.10 Å². The number of rotatable bonds is 3. The van der Waals surface area contributed by atoms with E-state index in [1.165, 1.54) is 6.33 Å². The highest BCUT2D eigenvalue weighted by atomic mass is 32.2. The Hall–Kier alpha value is -2.72. The fourth-order valence-corrected chi connectivity index (χ4v) is 4.59. The summed E-state index contributed by atoms with van der Waals surface area (Å²) in [5.74, 6) is 2.72. The van der Waals surface area contributed by atoms with Crippen LogP contribution in [0.4, 0.5) is 5.82 Å². The molecule has 2 aliphatic heterocycles. The van der Waals surface area contributed by atoms with Gasteiger partial charge in [-0.3, -0.25) is 4.79 Å². The predicted octanol–water partition coefficient (Wildman–Crippen LogP) is 0.991. The van der Waals surface area contributed by atoms with E-state index in [1.54, 1.807) is 4.68 Å². The number of thioether (sulfide) groups is 1. The molecule has 4 heterocycles. The van der Waals surface area contributed by atoms with Crippen LogP contribution in [0, 0.1) is 0 Å². The standard InChI is InChI=1S/C19H21N7O2S/c27-19(24-7-10-29-11-8-24)15-12-25(6-9-28-15)17-16-18(21-13-20-17)26(23-22-16)14-4-2-1-3-5-14/h1-5,13,15H,6-12H2. The second-order valence-corrected chi connectivity index (χ2v) is 8.17. The third-order valence-corrected chi connectivity index (χ3v) is 6.13. The fraction of sp³-hybridized carbons (Fsp3) is 0.421. The van der Waals surface area contributed by atoms with E-state index in [2.05, 4.69) is 25.2 Å². The minimum atomic E-state index is -0.485. The minimum absolute atomic E-state index is 0.0632. The zero-order valence-electron chi connectivity index (χ0n) is 15.8. The number of aromatic nitrogens is 5. The van der Waals surface area contributed by atoms with Gasteiger partial charge in [0.05, 0.1) is 18.8 Å². The lowest BCUT2D eigenvalue weighted by Crippen LogP contribution is -2.52. The summed E-state index contributed by atoms with van der Waals surface area (Å²) < 4.78 is 7.51. The van der Waals surface area contributed by atoms with Crippen LogP contribution in [0.5, 0.6) is 0 Å². The van der Waals surface area contributed by atoms with Crippen molar-refractivity contribution in [1.82, 2.24) is 29.9 Å². The van der Waals surface area contributed by atoms with Crippen molar-refractivity contribution in [2.45, 2.75) is 6.10 Å². The van der Waals surface area contributed by atoms with E-state index >= 15 is 0 Å². The number of nitrogens with zero attached hydrogens (tertiary/aromatic N) is 7. The predicted molar refractivity (Wildman–Crippen MR) is 110 cm³/mol. The molecule has 10 heteroatoms. The van der Waals surface area contributed by atoms with Gasteiger partial charge < -0.3 is 14.5 Å². The number of fused-ring (bicyclic) bond motifs is 1. The van der Waals surface area contributed by atoms with Crippen LogP contribution in [0.3, 0.4) is 0 Å². The number of benzene rings is 1. The van der Waals surface area contributed by atoms with Gasteiger partial charge in [0, 0.05) is 31.1 Å². The molecule has 0 saturated carbocycles. The van der Waals surface area contributed by atoms with Crippen LogP contribution in [-0.2, 0) is 9.53 Å². The Balaban J connectivity index is 1.42. The van der Waals surface area contributed by atoms with Crippen LogP contribution in [0.2, 0.25) is 0 Å². The number of para-hydroxylation sites is 1. The maximum absolute atomic E-state index is 12.9. The summed E-state index contributed by atoms with van der Waals surface area (Å²) in [4.78, 5) is 25.7. The molecule has 0 spiro atoms.